The Kier molecular flexibility index (Phi) is 4.59. The molecule has 1 aromatic heterocycles. The summed E-state index contributed by atoms with van der Waals surface area (Å²) in [6.45, 7) is 0. The van der Waals surface area contributed by atoms with Crippen LogP contribution in [-0.4, -0.2) is 21.0 Å². The molecule has 0 atom stereocenters. The number of benzene rings is 1. The number of rotatable bonds is 4. The van der Waals surface area contributed by atoms with Gasteiger partial charge in [0.25, 0.3) is 0 Å². The Bertz CT molecular complexity index is 589. The van der Waals surface area contributed by atoms with Crippen molar-refractivity contribution in [3.63, 3.8) is 0 Å². The number of aromatic nitrogens is 2. The monoisotopic (exact) mass is 294 g/mol. The van der Waals surface area contributed by atoms with E-state index in [9.17, 15) is 0 Å². The summed E-state index contributed by atoms with van der Waals surface area (Å²) >= 11 is 7.29. The van der Waals surface area contributed by atoms with E-state index in [2.05, 4.69) is 15.1 Å². The molecule has 7 heteroatoms. The fourth-order valence-electron chi connectivity index (χ4n) is 1.39. The lowest BCUT2D eigenvalue weighted by Crippen LogP contribution is -2.16. The van der Waals surface area contributed by atoms with Gasteiger partial charge in [-0.25, -0.2) is 9.97 Å². The summed E-state index contributed by atoms with van der Waals surface area (Å²) in [5.74, 6) is 0.647. The first-order chi connectivity index (χ1) is 9.20. The fourth-order valence-corrected chi connectivity index (χ4v) is 2.44. The van der Waals surface area contributed by atoms with Crippen molar-refractivity contribution in [2.45, 2.75) is 10.8 Å². The predicted octanol–water partition coefficient (Wildman–Crippen LogP) is 2.52. The Morgan fingerprint density at radius 1 is 1.26 bits per heavy atom. The maximum Gasteiger partial charge on any atom is 0.191 e. The highest BCUT2D eigenvalue weighted by Gasteiger charge is 2.10. The van der Waals surface area contributed by atoms with Gasteiger partial charge < -0.3 is 10.9 Å². The third kappa shape index (κ3) is 3.59. The number of hydrogen-bond acceptors (Lipinski definition) is 5. The Morgan fingerprint density at radius 2 is 1.95 bits per heavy atom. The first-order valence-electron chi connectivity index (χ1n) is 5.37. The van der Waals surface area contributed by atoms with Gasteiger partial charge in [0.2, 0.25) is 0 Å². The SMILES string of the molecule is N/C(=N/O)c1nccnc1SCc1ccc(Cl)cc1. The van der Waals surface area contributed by atoms with Gasteiger partial charge in [-0.05, 0) is 17.7 Å². The van der Waals surface area contributed by atoms with Crippen LogP contribution in [0.2, 0.25) is 5.02 Å². The zero-order valence-corrected chi connectivity index (χ0v) is 11.4. The maximum absolute atomic E-state index is 8.70. The van der Waals surface area contributed by atoms with E-state index in [-0.39, 0.29) is 5.84 Å². The molecule has 0 aliphatic carbocycles. The Labute approximate surface area is 119 Å². The number of nitrogens with two attached hydrogens (primary N) is 1. The Balaban J connectivity index is 2.13. The number of thioether (sulfide) groups is 1. The van der Waals surface area contributed by atoms with Gasteiger partial charge in [0, 0.05) is 23.2 Å². The molecule has 19 heavy (non-hydrogen) atoms. The van der Waals surface area contributed by atoms with Crippen LogP contribution in [0.25, 0.3) is 0 Å². The van der Waals surface area contributed by atoms with E-state index in [0.717, 1.165) is 5.56 Å². The molecule has 1 heterocycles. The lowest BCUT2D eigenvalue weighted by Gasteiger charge is -2.05. The second-order valence-corrected chi connectivity index (χ2v) is 5.01. The smallest absolute Gasteiger partial charge is 0.191 e. The highest BCUT2D eigenvalue weighted by molar-refractivity contribution is 7.98. The molecule has 0 amide bonds. The van der Waals surface area contributed by atoms with Crippen LogP contribution in [0, 0.1) is 0 Å². The summed E-state index contributed by atoms with van der Waals surface area (Å²) in [5, 5.41) is 13.0. The molecule has 0 unspecified atom stereocenters. The molecule has 0 fully saturated rings. The lowest BCUT2D eigenvalue weighted by molar-refractivity contribution is 0.318. The number of nitrogens with zero attached hydrogens (tertiary/aromatic N) is 3. The van der Waals surface area contributed by atoms with Gasteiger partial charge in [0.1, 0.15) is 10.7 Å². The molecule has 0 aliphatic rings. The zero-order valence-electron chi connectivity index (χ0n) is 9.82. The topological polar surface area (TPSA) is 84.4 Å². The van der Waals surface area contributed by atoms with E-state index in [1.807, 2.05) is 24.3 Å². The van der Waals surface area contributed by atoms with Gasteiger partial charge in [0.15, 0.2) is 5.84 Å². The van der Waals surface area contributed by atoms with Crippen molar-refractivity contribution in [1.29, 1.82) is 0 Å². The van der Waals surface area contributed by atoms with Crippen LogP contribution in [0.1, 0.15) is 11.3 Å². The largest absolute Gasteiger partial charge is 0.409 e. The van der Waals surface area contributed by atoms with Crippen molar-refractivity contribution in [1.82, 2.24) is 9.97 Å². The predicted molar refractivity (Wildman–Crippen MR) is 75.6 cm³/mol. The number of oxime groups is 1. The molecule has 5 nitrogen and oxygen atoms in total. The molecule has 1 aromatic carbocycles. The minimum Gasteiger partial charge on any atom is -0.409 e. The third-order valence-corrected chi connectivity index (χ3v) is 3.61. The van der Waals surface area contributed by atoms with Crippen molar-refractivity contribution >= 4 is 29.2 Å². The van der Waals surface area contributed by atoms with Crippen molar-refractivity contribution < 1.29 is 5.21 Å². The van der Waals surface area contributed by atoms with Crippen LogP contribution < -0.4 is 5.73 Å². The molecular formula is C12H11ClN4OS. The molecule has 2 rings (SSSR count). The van der Waals surface area contributed by atoms with Crippen molar-refractivity contribution in [2.24, 2.45) is 10.9 Å². The van der Waals surface area contributed by atoms with Gasteiger partial charge in [-0.2, -0.15) is 0 Å². The molecule has 0 aliphatic heterocycles. The van der Waals surface area contributed by atoms with Gasteiger partial charge in [-0.15, -0.1) is 0 Å². The second-order valence-electron chi connectivity index (χ2n) is 3.61. The number of hydrogen-bond donors (Lipinski definition) is 2. The molecule has 0 spiro atoms. The molecule has 0 radical (unpaired) electrons. The van der Waals surface area contributed by atoms with Crippen LogP contribution in [0.4, 0.5) is 0 Å². The lowest BCUT2D eigenvalue weighted by atomic mass is 10.2. The van der Waals surface area contributed by atoms with Gasteiger partial charge >= 0.3 is 0 Å². The van der Waals surface area contributed by atoms with Gasteiger partial charge in [0.05, 0.1) is 0 Å². The average molecular weight is 295 g/mol. The summed E-state index contributed by atoms with van der Waals surface area (Å²) in [4.78, 5) is 8.24. The van der Waals surface area contributed by atoms with E-state index in [1.165, 1.54) is 18.0 Å². The first kappa shape index (κ1) is 13.6. The quantitative estimate of drug-likeness (QED) is 0.298. The Morgan fingerprint density at radius 3 is 2.63 bits per heavy atom. The molecular weight excluding hydrogens is 284 g/mol. The first-order valence-corrected chi connectivity index (χ1v) is 6.73. The highest BCUT2D eigenvalue weighted by atomic mass is 35.5. The highest BCUT2D eigenvalue weighted by Crippen LogP contribution is 2.23. The van der Waals surface area contributed by atoms with E-state index in [0.29, 0.717) is 21.5 Å². The normalized spacial score (nSPS) is 11.5. The summed E-state index contributed by atoms with van der Waals surface area (Å²) in [6, 6.07) is 7.54. The third-order valence-electron chi connectivity index (χ3n) is 2.30. The summed E-state index contributed by atoms with van der Waals surface area (Å²) < 4.78 is 0. The van der Waals surface area contributed by atoms with Gasteiger partial charge in [-0.3, -0.25) is 0 Å². The van der Waals surface area contributed by atoms with Crippen LogP contribution in [-0.2, 0) is 5.75 Å². The van der Waals surface area contributed by atoms with Crippen LogP contribution >= 0.6 is 23.4 Å². The van der Waals surface area contributed by atoms with E-state index in [4.69, 9.17) is 22.5 Å². The van der Waals surface area contributed by atoms with Gasteiger partial charge in [-0.1, -0.05) is 40.7 Å². The standard InChI is InChI=1S/C12H11ClN4OS/c13-9-3-1-8(2-4-9)7-19-12-10(11(14)17-18)15-5-6-16-12/h1-6,18H,7H2,(H2,14,17). The molecule has 0 saturated heterocycles. The van der Waals surface area contributed by atoms with E-state index in [1.54, 1.807) is 6.20 Å². The van der Waals surface area contributed by atoms with E-state index >= 15 is 0 Å². The van der Waals surface area contributed by atoms with Crippen LogP contribution in [0.3, 0.4) is 0 Å². The minimum atomic E-state index is -0.0493. The number of halogens is 1. The summed E-state index contributed by atoms with van der Waals surface area (Å²) in [7, 11) is 0. The average Bonchev–Trinajstić information content (AvgIpc) is 2.46. The zero-order chi connectivity index (χ0) is 13.7. The number of amidine groups is 1. The minimum absolute atomic E-state index is 0.0493. The summed E-state index contributed by atoms with van der Waals surface area (Å²) in [5.41, 5.74) is 7.03. The maximum atomic E-state index is 8.70. The molecule has 0 saturated carbocycles. The molecule has 98 valence electrons. The van der Waals surface area contributed by atoms with Crippen molar-refractivity contribution in [3.05, 3.63) is 52.9 Å². The van der Waals surface area contributed by atoms with Crippen LogP contribution in [0.5, 0.6) is 0 Å². The Hall–Kier alpha value is -1.79. The molecule has 0 bridgehead atoms. The summed E-state index contributed by atoms with van der Waals surface area (Å²) in [6.07, 6.45) is 3.07. The fraction of sp³-hybridized carbons (Fsp3) is 0.0833. The van der Waals surface area contributed by atoms with Crippen molar-refractivity contribution in [2.75, 3.05) is 0 Å². The van der Waals surface area contributed by atoms with Crippen LogP contribution in [0.15, 0.2) is 46.8 Å². The molecule has 2 aromatic rings. The van der Waals surface area contributed by atoms with E-state index < -0.39 is 0 Å². The molecule has 3 N–H and O–H groups in total. The second kappa shape index (κ2) is 6.40. The van der Waals surface area contributed by atoms with Crippen molar-refractivity contribution in [3.8, 4) is 0 Å².